The van der Waals surface area contributed by atoms with E-state index in [2.05, 4.69) is 5.32 Å². The highest BCUT2D eigenvalue weighted by Gasteiger charge is 2.39. The summed E-state index contributed by atoms with van der Waals surface area (Å²) in [4.78, 5) is 78.5. The van der Waals surface area contributed by atoms with Gasteiger partial charge in [-0.25, -0.2) is 14.6 Å². The lowest BCUT2D eigenvalue weighted by atomic mass is 9.80. The standard InChI is InChI=1S/C39H38ClN3O10/c1-3-51-39(48)34-32(23-50-20-18-43-37(46)26-13-7-8-14-27(26)38(43)47)41-31(29(21-53-52-4-2)33(34)28-15-9-10-16-30(28)40)22-49-19-17-42-35(44)24-11-5-6-12-25(24)36(42)45/h5-16,33,41H,3-4,17-23H2,1-2H3. The Labute approximate surface area is 310 Å². The number of benzene rings is 3. The summed E-state index contributed by atoms with van der Waals surface area (Å²) < 4.78 is 17.6. The number of carbonyl (C=O) groups is 5. The first-order valence-corrected chi connectivity index (χ1v) is 17.6. The van der Waals surface area contributed by atoms with Gasteiger partial charge in [0.25, 0.3) is 23.6 Å². The van der Waals surface area contributed by atoms with Crippen LogP contribution in [0, 0.1) is 0 Å². The van der Waals surface area contributed by atoms with E-state index < -0.39 is 35.5 Å². The minimum absolute atomic E-state index is 0.00751. The second-order valence-corrected chi connectivity index (χ2v) is 12.5. The number of nitrogens with one attached hydrogen (secondary N) is 1. The van der Waals surface area contributed by atoms with Crippen molar-refractivity contribution in [3.05, 3.63) is 128 Å². The van der Waals surface area contributed by atoms with E-state index in [0.717, 1.165) is 9.80 Å². The van der Waals surface area contributed by atoms with Crippen molar-refractivity contribution in [3.63, 3.8) is 0 Å². The van der Waals surface area contributed by atoms with Crippen LogP contribution in [0.2, 0.25) is 5.02 Å². The minimum atomic E-state index is -0.797. The van der Waals surface area contributed by atoms with E-state index in [1.165, 1.54) is 0 Å². The molecule has 3 aliphatic heterocycles. The predicted molar refractivity (Wildman–Crippen MR) is 191 cm³/mol. The van der Waals surface area contributed by atoms with Gasteiger partial charge in [-0.2, -0.15) is 0 Å². The number of rotatable bonds is 17. The van der Waals surface area contributed by atoms with Gasteiger partial charge in [0.2, 0.25) is 0 Å². The molecule has 53 heavy (non-hydrogen) atoms. The molecule has 14 heteroatoms. The fourth-order valence-electron chi connectivity index (χ4n) is 6.50. The van der Waals surface area contributed by atoms with Crippen LogP contribution in [0.4, 0.5) is 0 Å². The fraction of sp³-hybridized carbons (Fsp3) is 0.308. The summed E-state index contributed by atoms with van der Waals surface area (Å²) in [6.07, 6.45) is 0. The minimum Gasteiger partial charge on any atom is -0.463 e. The molecule has 0 aromatic heterocycles. The maximum absolute atomic E-state index is 13.8. The molecule has 0 aliphatic carbocycles. The van der Waals surface area contributed by atoms with Gasteiger partial charge in [0.05, 0.1) is 86.3 Å². The maximum Gasteiger partial charge on any atom is 0.336 e. The lowest BCUT2D eigenvalue weighted by Gasteiger charge is -2.34. The number of imide groups is 2. The third-order valence-electron chi connectivity index (χ3n) is 8.95. The van der Waals surface area contributed by atoms with E-state index in [4.69, 9.17) is 35.6 Å². The van der Waals surface area contributed by atoms with Crippen LogP contribution in [-0.2, 0) is 28.8 Å². The van der Waals surface area contributed by atoms with Crippen molar-refractivity contribution in [2.24, 2.45) is 0 Å². The lowest BCUT2D eigenvalue weighted by Crippen LogP contribution is -2.37. The van der Waals surface area contributed by atoms with Gasteiger partial charge >= 0.3 is 5.97 Å². The van der Waals surface area contributed by atoms with Gasteiger partial charge in [-0.3, -0.25) is 29.0 Å². The molecule has 1 N–H and O–H groups in total. The fourth-order valence-corrected chi connectivity index (χ4v) is 6.75. The van der Waals surface area contributed by atoms with Crippen molar-refractivity contribution < 1.29 is 48.0 Å². The number of hydrogen-bond acceptors (Lipinski definition) is 11. The molecular weight excluding hydrogens is 706 g/mol. The Morgan fingerprint density at radius 1 is 0.660 bits per heavy atom. The van der Waals surface area contributed by atoms with Crippen molar-refractivity contribution in [2.75, 3.05) is 59.3 Å². The number of dihydropyridines is 1. The van der Waals surface area contributed by atoms with Gasteiger partial charge < -0.3 is 19.5 Å². The molecule has 276 valence electrons. The number of fused-ring (bicyclic) bond motifs is 2. The third-order valence-corrected chi connectivity index (χ3v) is 9.29. The molecule has 0 radical (unpaired) electrons. The SMILES string of the molecule is CCOOCC1=C(COCCN2C(=O)c3ccccc3C2=O)NC(COCCN2C(=O)c3ccccc3C2=O)=C(C(=O)OCC)C1c1ccccc1Cl. The van der Waals surface area contributed by atoms with Gasteiger partial charge in [-0.15, -0.1) is 0 Å². The molecule has 3 aromatic rings. The quantitative estimate of drug-likeness (QED) is 0.0675. The van der Waals surface area contributed by atoms with E-state index >= 15 is 0 Å². The zero-order valence-electron chi connectivity index (χ0n) is 29.2. The van der Waals surface area contributed by atoms with Crippen LogP contribution in [0.25, 0.3) is 0 Å². The van der Waals surface area contributed by atoms with Crippen molar-refractivity contribution in [2.45, 2.75) is 19.8 Å². The first-order valence-electron chi connectivity index (χ1n) is 17.2. The van der Waals surface area contributed by atoms with Gasteiger partial charge in [-0.1, -0.05) is 54.1 Å². The Kier molecular flexibility index (Phi) is 12.1. The van der Waals surface area contributed by atoms with Gasteiger partial charge in [0.1, 0.15) is 6.61 Å². The van der Waals surface area contributed by atoms with Crippen LogP contribution < -0.4 is 5.32 Å². The van der Waals surface area contributed by atoms with Crippen LogP contribution >= 0.6 is 11.6 Å². The Morgan fingerprint density at radius 2 is 1.15 bits per heavy atom. The summed E-state index contributed by atoms with van der Waals surface area (Å²) in [7, 11) is 0. The first-order chi connectivity index (χ1) is 25.8. The summed E-state index contributed by atoms with van der Waals surface area (Å²) in [6, 6.07) is 20.3. The van der Waals surface area contributed by atoms with Gasteiger partial charge in [0, 0.05) is 16.6 Å². The third kappa shape index (κ3) is 7.80. The summed E-state index contributed by atoms with van der Waals surface area (Å²) in [5.74, 6) is -3.01. The normalized spacial score (nSPS) is 16.8. The second kappa shape index (κ2) is 17.1. The highest BCUT2D eigenvalue weighted by molar-refractivity contribution is 6.31. The zero-order chi connectivity index (χ0) is 37.5. The molecule has 0 spiro atoms. The number of nitrogens with zero attached hydrogens (tertiary/aromatic N) is 2. The van der Waals surface area contributed by atoms with Crippen LogP contribution in [0.15, 0.2) is 95.3 Å². The maximum atomic E-state index is 13.8. The molecule has 3 heterocycles. The van der Waals surface area contributed by atoms with Crippen molar-refractivity contribution in [1.29, 1.82) is 0 Å². The Bertz CT molecular complexity index is 1920. The molecule has 0 saturated heterocycles. The Hall–Kier alpha value is -5.18. The number of amides is 4. The Morgan fingerprint density at radius 3 is 1.64 bits per heavy atom. The molecule has 1 unspecified atom stereocenters. The number of ether oxygens (including phenoxy) is 3. The smallest absolute Gasteiger partial charge is 0.336 e. The highest BCUT2D eigenvalue weighted by Crippen LogP contribution is 2.42. The van der Waals surface area contributed by atoms with Crippen LogP contribution in [-0.4, -0.2) is 98.7 Å². The van der Waals surface area contributed by atoms with E-state index in [1.54, 1.807) is 86.6 Å². The lowest BCUT2D eigenvalue weighted by molar-refractivity contribution is -0.285. The largest absolute Gasteiger partial charge is 0.463 e. The van der Waals surface area contributed by atoms with E-state index in [0.29, 0.717) is 49.8 Å². The monoisotopic (exact) mass is 743 g/mol. The average molecular weight is 744 g/mol. The molecule has 13 nitrogen and oxygen atoms in total. The molecule has 6 rings (SSSR count). The van der Waals surface area contributed by atoms with Crippen molar-refractivity contribution in [3.8, 4) is 0 Å². The van der Waals surface area contributed by atoms with E-state index in [-0.39, 0.29) is 64.9 Å². The first kappa shape index (κ1) is 37.6. The molecule has 3 aromatic carbocycles. The summed E-state index contributed by atoms with van der Waals surface area (Å²) in [5, 5.41) is 3.68. The summed E-state index contributed by atoms with van der Waals surface area (Å²) >= 11 is 6.77. The number of esters is 1. The highest BCUT2D eigenvalue weighted by atomic mass is 35.5. The summed E-state index contributed by atoms with van der Waals surface area (Å²) in [5.41, 5.74) is 3.56. The molecule has 0 bridgehead atoms. The predicted octanol–water partition coefficient (Wildman–Crippen LogP) is 4.69. The van der Waals surface area contributed by atoms with Crippen LogP contribution in [0.3, 0.4) is 0 Å². The van der Waals surface area contributed by atoms with E-state index in [9.17, 15) is 24.0 Å². The van der Waals surface area contributed by atoms with Crippen LogP contribution in [0.1, 0.15) is 66.8 Å². The number of hydrogen-bond donors (Lipinski definition) is 1. The molecule has 0 saturated carbocycles. The molecule has 0 fully saturated rings. The van der Waals surface area contributed by atoms with Crippen molar-refractivity contribution in [1.82, 2.24) is 15.1 Å². The van der Waals surface area contributed by atoms with Gasteiger partial charge in [0.15, 0.2) is 0 Å². The summed E-state index contributed by atoms with van der Waals surface area (Å²) in [6.45, 7) is 3.50. The van der Waals surface area contributed by atoms with E-state index in [1.807, 2.05) is 0 Å². The number of halogens is 1. The zero-order valence-corrected chi connectivity index (χ0v) is 30.0. The average Bonchev–Trinajstić information content (AvgIpc) is 3.55. The molecular formula is C39H38ClN3O10. The van der Waals surface area contributed by atoms with Gasteiger partial charge in [-0.05, 0) is 55.3 Å². The number of carbonyl (C=O) groups excluding carboxylic acids is 5. The molecule has 1 atom stereocenters. The Balaban J connectivity index is 1.25. The van der Waals surface area contributed by atoms with Crippen molar-refractivity contribution >= 4 is 41.2 Å². The molecule has 4 amide bonds. The molecule has 3 aliphatic rings. The second-order valence-electron chi connectivity index (χ2n) is 12.1. The topological polar surface area (TPSA) is 150 Å². The van der Waals surface area contributed by atoms with Crippen LogP contribution in [0.5, 0.6) is 0 Å².